The third-order valence-corrected chi connectivity index (χ3v) is 5.33. The van der Waals surface area contributed by atoms with E-state index in [1.807, 2.05) is 6.07 Å². The minimum absolute atomic E-state index is 0.0310. The fourth-order valence-electron chi connectivity index (χ4n) is 3.66. The minimum atomic E-state index is 0.0310. The lowest BCUT2D eigenvalue weighted by Crippen LogP contribution is -2.56. The van der Waals surface area contributed by atoms with Crippen molar-refractivity contribution in [3.63, 3.8) is 0 Å². The Morgan fingerprint density at radius 3 is 2.40 bits per heavy atom. The first-order valence-corrected chi connectivity index (χ1v) is 9.09. The highest BCUT2D eigenvalue weighted by molar-refractivity contribution is 5.94. The van der Waals surface area contributed by atoms with E-state index in [-0.39, 0.29) is 5.84 Å². The molecule has 0 amide bonds. The number of pyridine rings is 1. The second kappa shape index (κ2) is 7.15. The minimum Gasteiger partial charge on any atom is -0.382 e. The van der Waals surface area contributed by atoms with Gasteiger partial charge in [0.05, 0.1) is 19.3 Å². The molecule has 1 aromatic rings. The van der Waals surface area contributed by atoms with Crippen LogP contribution >= 0.6 is 0 Å². The molecule has 3 saturated heterocycles. The summed E-state index contributed by atoms with van der Waals surface area (Å²) < 4.78 is 5.31. The number of hydrogen-bond acceptors (Lipinski definition) is 7. The Hall–Kier alpha value is -1.90. The van der Waals surface area contributed by atoms with Crippen LogP contribution in [0.1, 0.15) is 5.69 Å². The van der Waals surface area contributed by atoms with Gasteiger partial charge in [0, 0.05) is 64.1 Å². The molecule has 0 aromatic carbocycles. The molecule has 0 bridgehead atoms. The molecule has 4 heterocycles. The summed E-state index contributed by atoms with van der Waals surface area (Å²) in [6, 6.07) is 4.69. The number of nitrogens with two attached hydrogens (primary N) is 1. The van der Waals surface area contributed by atoms with E-state index >= 15 is 0 Å². The van der Waals surface area contributed by atoms with E-state index < -0.39 is 0 Å². The van der Waals surface area contributed by atoms with Crippen molar-refractivity contribution < 1.29 is 4.74 Å². The molecule has 8 nitrogen and oxygen atoms in total. The van der Waals surface area contributed by atoms with Crippen LogP contribution in [0.4, 0.5) is 11.5 Å². The Bertz CT molecular complexity index is 619. The first-order valence-electron chi connectivity index (χ1n) is 9.09. The van der Waals surface area contributed by atoms with Gasteiger partial charge in [0.15, 0.2) is 0 Å². The van der Waals surface area contributed by atoms with Gasteiger partial charge in [0.25, 0.3) is 0 Å². The van der Waals surface area contributed by atoms with Crippen molar-refractivity contribution in [1.29, 1.82) is 5.41 Å². The highest BCUT2D eigenvalue weighted by atomic mass is 16.5. The molecule has 25 heavy (non-hydrogen) atoms. The molecule has 0 aliphatic carbocycles. The zero-order valence-electron chi connectivity index (χ0n) is 14.6. The third-order valence-electron chi connectivity index (χ3n) is 5.33. The van der Waals surface area contributed by atoms with Gasteiger partial charge < -0.3 is 25.6 Å². The van der Waals surface area contributed by atoms with Crippen LogP contribution < -0.4 is 20.9 Å². The van der Waals surface area contributed by atoms with Gasteiger partial charge in [-0.3, -0.25) is 10.3 Å². The highest BCUT2D eigenvalue weighted by Gasteiger charge is 2.29. The first-order chi connectivity index (χ1) is 12.2. The second-order valence-corrected chi connectivity index (χ2v) is 6.93. The van der Waals surface area contributed by atoms with Crippen LogP contribution in [0.2, 0.25) is 0 Å². The molecule has 8 heteroatoms. The van der Waals surface area contributed by atoms with Crippen molar-refractivity contribution in [3.05, 3.63) is 17.8 Å². The smallest absolute Gasteiger partial charge is 0.141 e. The van der Waals surface area contributed by atoms with E-state index in [1.165, 1.54) is 0 Å². The van der Waals surface area contributed by atoms with Crippen LogP contribution in [0, 0.1) is 5.41 Å². The fraction of sp³-hybridized carbons (Fsp3) is 0.647. The molecule has 4 N–H and O–H groups in total. The van der Waals surface area contributed by atoms with Crippen LogP contribution in [0.5, 0.6) is 0 Å². The first kappa shape index (κ1) is 16.6. The molecule has 1 aromatic heterocycles. The number of anilines is 2. The average Bonchev–Trinajstić information content (AvgIpc) is 2.61. The number of nitrogens with zero attached hydrogens (tertiary/aromatic N) is 4. The van der Waals surface area contributed by atoms with Crippen LogP contribution in [0.3, 0.4) is 0 Å². The van der Waals surface area contributed by atoms with Crippen LogP contribution in [-0.2, 0) is 4.74 Å². The predicted octanol–water partition coefficient (Wildman–Crippen LogP) is -0.704. The van der Waals surface area contributed by atoms with Gasteiger partial charge in [0.1, 0.15) is 17.3 Å². The van der Waals surface area contributed by atoms with Crippen molar-refractivity contribution in [1.82, 2.24) is 15.2 Å². The van der Waals surface area contributed by atoms with Gasteiger partial charge in [-0.15, -0.1) is 0 Å². The van der Waals surface area contributed by atoms with Crippen LogP contribution in [-0.4, -0.2) is 87.3 Å². The molecule has 0 radical (unpaired) electrons. The van der Waals surface area contributed by atoms with Gasteiger partial charge in [-0.25, -0.2) is 4.98 Å². The zero-order chi connectivity index (χ0) is 17.2. The van der Waals surface area contributed by atoms with E-state index in [0.29, 0.717) is 11.7 Å². The number of amidine groups is 1. The molecule has 3 aliphatic heterocycles. The maximum absolute atomic E-state index is 7.82. The lowest BCUT2D eigenvalue weighted by atomic mass is 10.1. The summed E-state index contributed by atoms with van der Waals surface area (Å²) in [5.74, 6) is 0.967. The monoisotopic (exact) mass is 345 g/mol. The van der Waals surface area contributed by atoms with E-state index in [1.54, 1.807) is 0 Å². The second-order valence-electron chi connectivity index (χ2n) is 6.93. The number of nitrogen functional groups attached to an aromatic ring is 1. The van der Waals surface area contributed by atoms with Gasteiger partial charge in [0.2, 0.25) is 0 Å². The van der Waals surface area contributed by atoms with Crippen molar-refractivity contribution in [3.8, 4) is 0 Å². The van der Waals surface area contributed by atoms with E-state index in [9.17, 15) is 0 Å². The fourth-order valence-corrected chi connectivity index (χ4v) is 3.66. The predicted molar refractivity (Wildman–Crippen MR) is 98.7 cm³/mol. The normalized spacial score (nSPS) is 22.7. The van der Waals surface area contributed by atoms with Gasteiger partial charge in [-0.05, 0) is 6.07 Å². The maximum Gasteiger partial charge on any atom is 0.141 e. The quantitative estimate of drug-likeness (QED) is 0.491. The molecule has 136 valence electrons. The molecular weight excluding hydrogens is 318 g/mol. The van der Waals surface area contributed by atoms with Gasteiger partial charge in [-0.2, -0.15) is 0 Å². The Kier molecular flexibility index (Phi) is 4.74. The Morgan fingerprint density at radius 2 is 1.80 bits per heavy atom. The van der Waals surface area contributed by atoms with Gasteiger partial charge in [-0.1, -0.05) is 0 Å². The zero-order valence-corrected chi connectivity index (χ0v) is 14.6. The van der Waals surface area contributed by atoms with Crippen molar-refractivity contribution in [2.24, 2.45) is 5.73 Å². The number of ether oxygens (including phenoxy) is 1. The highest BCUT2D eigenvalue weighted by Crippen LogP contribution is 2.24. The summed E-state index contributed by atoms with van der Waals surface area (Å²) in [6.45, 7) is 9.59. The number of hydrogen-bond donors (Lipinski definition) is 3. The van der Waals surface area contributed by atoms with Gasteiger partial charge >= 0.3 is 0 Å². The summed E-state index contributed by atoms with van der Waals surface area (Å²) in [5.41, 5.74) is 7.43. The Labute approximate surface area is 148 Å². The molecule has 0 atom stereocenters. The summed E-state index contributed by atoms with van der Waals surface area (Å²) in [5, 5.41) is 11.2. The molecule has 0 unspecified atom stereocenters. The molecule has 0 spiro atoms. The Morgan fingerprint density at radius 1 is 1.08 bits per heavy atom. The molecule has 0 saturated carbocycles. The summed E-state index contributed by atoms with van der Waals surface area (Å²) in [6.07, 6.45) is 0. The number of nitrogens with one attached hydrogen (secondary N) is 2. The lowest BCUT2D eigenvalue weighted by Gasteiger charge is -2.43. The van der Waals surface area contributed by atoms with E-state index in [4.69, 9.17) is 15.9 Å². The average molecular weight is 345 g/mol. The van der Waals surface area contributed by atoms with Crippen LogP contribution in [0.15, 0.2) is 12.1 Å². The maximum atomic E-state index is 7.82. The van der Waals surface area contributed by atoms with Crippen molar-refractivity contribution in [2.75, 3.05) is 75.4 Å². The summed E-state index contributed by atoms with van der Waals surface area (Å²) in [7, 11) is 0. The summed E-state index contributed by atoms with van der Waals surface area (Å²) >= 11 is 0. The van der Waals surface area contributed by atoms with Crippen molar-refractivity contribution in [2.45, 2.75) is 6.04 Å². The van der Waals surface area contributed by atoms with Crippen LogP contribution in [0.25, 0.3) is 0 Å². The van der Waals surface area contributed by atoms with E-state index in [0.717, 1.165) is 77.1 Å². The number of rotatable bonds is 4. The largest absolute Gasteiger partial charge is 0.382 e. The number of piperazine rings is 2. The molecule has 3 fully saturated rings. The topological polar surface area (TPSA) is 93.7 Å². The lowest BCUT2D eigenvalue weighted by molar-refractivity contribution is -0.0660. The Balaban J connectivity index is 1.51. The summed E-state index contributed by atoms with van der Waals surface area (Å²) in [4.78, 5) is 11.8. The standard InChI is InChI=1S/C17H27N7O/c18-17(19)15-9-13(22-3-1-20-2-4-22)10-16(21-15)24-7-5-23(6-8-24)14-11-25-12-14/h9-10,14,20H,1-8,11-12H2,(H3,18,19). The van der Waals surface area contributed by atoms with Crippen molar-refractivity contribution >= 4 is 17.3 Å². The third kappa shape index (κ3) is 3.56. The number of aromatic nitrogens is 1. The SMILES string of the molecule is N=C(N)c1cc(N2CCNCC2)cc(N2CCN(C3COC3)CC2)n1. The molecular formula is C17H27N7O. The molecule has 3 aliphatic rings. The van der Waals surface area contributed by atoms with E-state index in [2.05, 4.69) is 31.1 Å². The molecule has 4 rings (SSSR count).